The van der Waals surface area contributed by atoms with E-state index in [0.717, 1.165) is 42.3 Å². The van der Waals surface area contributed by atoms with Crippen LogP contribution in [0.4, 0.5) is 5.69 Å². The van der Waals surface area contributed by atoms with Gasteiger partial charge in [-0.15, -0.1) is 11.3 Å². The number of nitro groups is 1. The molecule has 0 aliphatic rings. The molecule has 0 radical (unpaired) electrons. The van der Waals surface area contributed by atoms with Crippen molar-refractivity contribution in [3.8, 4) is 11.1 Å². The van der Waals surface area contributed by atoms with Gasteiger partial charge in [0.1, 0.15) is 0 Å². The van der Waals surface area contributed by atoms with Gasteiger partial charge in [0.15, 0.2) is 0 Å². The van der Waals surface area contributed by atoms with Crippen LogP contribution in [0.15, 0.2) is 78.9 Å². The van der Waals surface area contributed by atoms with Gasteiger partial charge in [-0.25, -0.2) is 9.97 Å². The second kappa shape index (κ2) is 6.30. The molecular formula is C24H13N3O2S. The first-order valence-electron chi connectivity index (χ1n) is 9.45. The Hall–Kier alpha value is -3.90. The first-order chi connectivity index (χ1) is 14.7. The number of nitro benzene ring substituents is 1. The van der Waals surface area contributed by atoms with Crippen LogP contribution in [-0.4, -0.2) is 14.9 Å². The monoisotopic (exact) mass is 407 g/mol. The predicted molar refractivity (Wildman–Crippen MR) is 122 cm³/mol. The molecule has 0 saturated heterocycles. The van der Waals surface area contributed by atoms with Crippen LogP contribution in [0, 0.1) is 10.1 Å². The van der Waals surface area contributed by atoms with Gasteiger partial charge < -0.3 is 0 Å². The van der Waals surface area contributed by atoms with Crippen LogP contribution < -0.4 is 0 Å². The number of hydrogen-bond donors (Lipinski definition) is 0. The number of nitrogens with zero attached hydrogens (tertiary/aromatic N) is 3. The van der Waals surface area contributed by atoms with Crippen molar-refractivity contribution in [3.63, 3.8) is 0 Å². The van der Waals surface area contributed by atoms with Crippen LogP contribution in [0.5, 0.6) is 0 Å². The van der Waals surface area contributed by atoms with Gasteiger partial charge in [-0.1, -0.05) is 42.5 Å². The SMILES string of the molecule is O=[N+]([O-])c1ccccc1-c1cc2sc3ccccc3c2c2nc3ccccc3nc12. The molecule has 5 nitrogen and oxygen atoms in total. The Morgan fingerprint density at radius 3 is 2.20 bits per heavy atom. The van der Waals surface area contributed by atoms with Crippen LogP contribution in [0.2, 0.25) is 0 Å². The lowest BCUT2D eigenvalue weighted by Gasteiger charge is -2.09. The highest BCUT2D eigenvalue weighted by molar-refractivity contribution is 7.26. The molecule has 0 fully saturated rings. The highest BCUT2D eigenvalue weighted by Gasteiger charge is 2.21. The molecule has 0 aliphatic heterocycles. The summed E-state index contributed by atoms with van der Waals surface area (Å²) in [6.07, 6.45) is 0. The highest BCUT2D eigenvalue weighted by atomic mass is 32.1. The minimum absolute atomic E-state index is 0.0641. The molecule has 6 heteroatoms. The van der Waals surface area contributed by atoms with E-state index in [0.29, 0.717) is 11.1 Å². The summed E-state index contributed by atoms with van der Waals surface area (Å²) in [5.74, 6) is 0. The summed E-state index contributed by atoms with van der Waals surface area (Å²) >= 11 is 1.67. The van der Waals surface area contributed by atoms with E-state index < -0.39 is 0 Å². The van der Waals surface area contributed by atoms with E-state index in [1.165, 1.54) is 6.07 Å². The number of thiophene rings is 1. The molecule has 6 rings (SSSR count). The number of para-hydroxylation sites is 3. The maximum atomic E-state index is 11.7. The molecule has 30 heavy (non-hydrogen) atoms. The molecular weight excluding hydrogens is 394 g/mol. The fraction of sp³-hybridized carbons (Fsp3) is 0. The number of benzene rings is 4. The van der Waals surface area contributed by atoms with E-state index >= 15 is 0 Å². The lowest BCUT2D eigenvalue weighted by atomic mass is 9.99. The second-order valence-electron chi connectivity index (χ2n) is 7.08. The summed E-state index contributed by atoms with van der Waals surface area (Å²) in [6.45, 7) is 0. The predicted octanol–water partition coefficient (Wildman–Crippen LogP) is 6.73. The van der Waals surface area contributed by atoms with Crippen LogP contribution in [0.25, 0.3) is 53.4 Å². The molecule has 2 aromatic heterocycles. The topological polar surface area (TPSA) is 68.9 Å². The lowest BCUT2D eigenvalue weighted by molar-refractivity contribution is -0.384. The molecule has 0 amide bonds. The number of hydrogen-bond acceptors (Lipinski definition) is 5. The molecule has 0 spiro atoms. The second-order valence-corrected chi connectivity index (χ2v) is 8.16. The zero-order valence-electron chi connectivity index (χ0n) is 15.6. The van der Waals surface area contributed by atoms with Gasteiger partial charge in [-0.2, -0.15) is 0 Å². The van der Waals surface area contributed by atoms with Crippen molar-refractivity contribution in [1.82, 2.24) is 9.97 Å². The fourth-order valence-corrected chi connectivity index (χ4v) is 5.19. The van der Waals surface area contributed by atoms with Crippen molar-refractivity contribution in [2.24, 2.45) is 0 Å². The van der Waals surface area contributed by atoms with Gasteiger partial charge >= 0.3 is 0 Å². The maximum Gasteiger partial charge on any atom is 0.277 e. The Labute approximate surface area is 174 Å². The zero-order chi connectivity index (χ0) is 20.2. The third-order valence-electron chi connectivity index (χ3n) is 5.35. The molecule has 0 N–H and O–H groups in total. The molecule has 6 aromatic rings. The van der Waals surface area contributed by atoms with Crippen LogP contribution in [-0.2, 0) is 0 Å². The zero-order valence-corrected chi connectivity index (χ0v) is 16.4. The third kappa shape index (κ3) is 2.41. The molecule has 0 saturated carbocycles. The lowest BCUT2D eigenvalue weighted by Crippen LogP contribution is -1.95. The average molecular weight is 407 g/mol. The first kappa shape index (κ1) is 17.0. The molecule has 0 atom stereocenters. The average Bonchev–Trinajstić information content (AvgIpc) is 3.16. The Bertz CT molecular complexity index is 1640. The smallest absolute Gasteiger partial charge is 0.258 e. The highest BCUT2D eigenvalue weighted by Crippen LogP contribution is 2.43. The minimum atomic E-state index is -0.342. The van der Waals surface area contributed by atoms with Gasteiger partial charge in [0.05, 0.1) is 32.6 Å². The molecule has 0 unspecified atom stereocenters. The van der Waals surface area contributed by atoms with Crippen molar-refractivity contribution in [2.75, 3.05) is 0 Å². The summed E-state index contributed by atoms with van der Waals surface area (Å²) in [4.78, 5) is 21.3. The Balaban J connectivity index is 1.86. The van der Waals surface area contributed by atoms with E-state index in [1.807, 2.05) is 48.5 Å². The van der Waals surface area contributed by atoms with E-state index in [9.17, 15) is 10.1 Å². The Kier molecular flexibility index (Phi) is 3.57. The molecule has 4 aromatic carbocycles. The summed E-state index contributed by atoms with van der Waals surface area (Å²) < 4.78 is 2.20. The van der Waals surface area contributed by atoms with Crippen molar-refractivity contribution in [2.45, 2.75) is 0 Å². The number of rotatable bonds is 2. The number of aromatic nitrogens is 2. The van der Waals surface area contributed by atoms with E-state index in [4.69, 9.17) is 9.97 Å². The minimum Gasteiger partial charge on any atom is -0.258 e. The van der Waals surface area contributed by atoms with E-state index in [2.05, 4.69) is 12.1 Å². The van der Waals surface area contributed by atoms with Crippen LogP contribution in [0.3, 0.4) is 0 Å². The van der Waals surface area contributed by atoms with Gasteiger partial charge in [0.2, 0.25) is 0 Å². The fourth-order valence-electron chi connectivity index (χ4n) is 4.04. The van der Waals surface area contributed by atoms with Gasteiger partial charge in [0.25, 0.3) is 5.69 Å². The summed E-state index contributed by atoms with van der Waals surface area (Å²) in [5, 5.41) is 13.9. The van der Waals surface area contributed by atoms with Crippen molar-refractivity contribution >= 4 is 59.3 Å². The van der Waals surface area contributed by atoms with Crippen LogP contribution >= 0.6 is 11.3 Å². The normalized spacial score (nSPS) is 11.6. The Morgan fingerprint density at radius 2 is 1.40 bits per heavy atom. The van der Waals surface area contributed by atoms with Crippen molar-refractivity contribution in [1.29, 1.82) is 0 Å². The van der Waals surface area contributed by atoms with Crippen LogP contribution in [0.1, 0.15) is 0 Å². The van der Waals surface area contributed by atoms with Gasteiger partial charge in [0, 0.05) is 31.8 Å². The number of fused-ring (bicyclic) bond motifs is 6. The van der Waals surface area contributed by atoms with Gasteiger partial charge in [-0.05, 0) is 30.3 Å². The standard InChI is InChI=1S/C24H13N3O2S/c28-27(29)19-11-5-1-7-14(19)16-13-21-22(15-8-2-6-12-20(15)30-21)24-23(16)25-17-9-3-4-10-18(17)26-24/h1-13H. The molecule has 0 bridgehead atoms. The summed E-state index contributed by atoms with van der Waals surface area (Å²) in [7, 11) is 0. The van der Waals surface area contributed by atoms with Crippen molar-refractivity contribution in [3.05, 3.63) is 89.0 Å². The molecule has 0 aliphatic carbocycles. The summed E-state index contributed by atoms with van der Waals surface area (Å²) in [5.41, 5.74) is 4.38. The van der Waals surface area contributed by atoms with Crippen molar-refractivity contribution < 1.29 is 4.92 Å². The van der Waals surface area contributed by atoms with E-state index in [1.54, 1.807) is 23.5 Å². The quantitative estimate of drug-likeness (QED) is 0.181. The van der Waals surface area contributed by atoms with Gasteiger partial charge in [-0.3, -0.25) is 10.1 Å². The first-order valence-corrected chi connectivity index (χ1v) is 10.3. The summed E-state index contributed by atoms with van der Waals surface area (Å²) in [6, 6.07) is 24.8. The van der Waals surface area contributed by atoms with E-state index in [-0.39, 0.29) is 10.6 Å². The molecule has 142 valence electrons. The Morgan fingerprint density at radius 1 is 0.733 bits per heavy atom. The maximum absolute atomic E-state index is 11.7. The third-order valence-corrected chi connectivity index (χ3v) is 6.47. The molecule has 2 heterocycles. The largest absolute Gasteiger partial charge is 0.277 e.